The highest BCUT2D eigenvalue weighted by molar-refractivity contribution is 8.18. The molecule has 2 amide bonds. The van der Waals surface area contributed by atoms with E-state index in [4.69, 9.17) is 11.6 Å². The van der Waals surface area contributed by atoms with Crippen molar-refractivity contribution in [2.75, 3.05) is 5.32 Å². The summed E-state index contributed by atoms with van der Waals surface area (Å²) < 4.78 is 15.0. The number of rotatable bonds is 5. The Balaban J connectivity index is 1.40. The molecular formula is C27H20ClFN4O2S. The molecule has 9 heteroatoms. The molecule has 0 spiro atoms. The maximum atomic E-state index is 13.1. The van der Waals surface area contributed by atoms with E-state index in [1.165, 1.54) is 36.0 Å². The Bertz CT molecular complexity index is 1560. The van der Waals surface area contributed by atoms with Crippen LogP contribution >= 0.6 is 23.4 Å². The van der Waals surface area contributed by atoms with E-state index >= 15 is 0 Å². The van der Waals surface area contributed by atoms with E-state index in [2.05, 4.69) is 15.6 Å². The summed E-state index contributed by atoms with van der Waals surface area (Å²) in [5.41, 5.74) is 3.70. The predicted molar refractivity (Wildman–Crippen MR) is 144 cm³/mol. The monoisotopic (exact) mass is 518 g/mol. The normalized spacial score (nSPS) is 15.6. The molecule has 1 aromatic heterocycles. The van der Waals surface area contributed by atoms with Gasteiger partial charge >= 0.3 is 0 Å². The topological polar surface area (TPSA) is 75.5 Å². The van der Waals surface area contributed by atoms with E-state index in [0.29, 0.717) is 26.5 Å². The zero-order chi connectivity index (χ0) is 25.2. The Labute approximate surface area is 215 Å². The molecule has 4 aromatic rings. The van der Waals surface area contributed by atoms with Crippen LogP contribution in [-0.4, -0.2) is 21.5 Å². The second kappa shape index (κ2) is 10.0. The van der Waals surface area contributed by atoms with E-state index < -0.39 is 0 Å². The summed E-state index contributed by atoms with van der Waals surface area (Å²) in [7, 11) is 0. The molecule has 2 N–H and O–H groups in total. The molecule has 6 nitrogen and oxygen atoms in total. The number of benzene rings is 3. The lowest BCUT2D eigenvalue weighted by molar-refractivity contribution is -0.117. The number of halogens is 2. The molecule has 36 heavy (non-hydrogen) atoms. The summed E-state index contributed by atoms with van der Waals surface area (Å²) in [6.45, 7) is 1.93. The molecule has 0 aliphatic carbocycles. The van der Waals surface area contributed by atoms with E-state index in [1.807, 2.05) is 54.1 Å². The zero-order valence-electron chi connectivity index (χ0n) is 19.1. The van der Waals surface area contributed by atoms with Gasteiger partial charge in [0.05, 0.1) is 10.6 Å². The molecule has 1 aliphatic rings. The predicted octanol–water partition coefficient (Wildman–Crippen LogP) is 6.27. The number of carbonyl (C=O) groups excluding carboxylic acids is 2. The number of amides is 2. The number of hydrogen-bond acceptors (Lipinski definition) is 4. The standard InChI is InChI=1S/C27H20ClFN4O2S/c1-16-21(28)6-4-7-22(16)31-27-32-26(35)24(36-27)13-17-14-33(23-8-3-2-5-20(17)23)15-25(34)30-19-11-9-18(29)10-12-19/h2-14H,15H2,1H3,(H,30,34)(H,31,32,35)/b24-13+. The fourth-order valence-electron chi connectivity index (χ4n) is 3.86. The van der Waals surface area contributed by atoms with Crippen LogP contribution < -0.4 is 10.6 Å². The highest BCUT2D eigenvalue weighted by Crippen LogP contribution is 2.32. The highest BCUT2D eigenvalue weighted by Gasteiger charge is 2.25. The second-order valence-electron chi connectivity index (χ2n) is 8.15. The number of aromatic nitrogens is 1. The van der Waals surface area contributed by atoms with Gasteiger partial charge in [-0.25, -0.2) is 9.38 Å². The number of anilines is 1. The van der Waals surface area contributed by atoms with E-state index in [1.54, 1.807) is 12.1 Å². The molecule has 1 saturated heterocycles. The largest absolute Gasteiger partial charge is 0.337 e. The van der Waals surface area contributed by atoms with Crippen molar-refractivity contribution in [1.29, 1.82) is 0 Å². The molecule has 180 valence electrons. The van der Waals surface area contributed by atoms with Crippen molar-refractivity contribution in [1.82, 2.24) is 9.88 Å². The van der Waals surface area contributed by atoms with Gasteiger partial charge in [-0.2, -0.15) is 0 Å². The fourth-order valence-corrected chi connectivity index (χ4v) is 4.85. The minimum Gasteiger partial charge on any atom is -0.337 e. The van der Waals surface area contributed by atoms with Gasteiger partial charge in [0.15, 0.2) is 5.17 Å². The smallest absolute Gasteiger partial charge is 0.264 e. The van der Waals surface area contributed by atoms with Gasteiger partial charge in [-0.3, -0.25) is 9.59 Å². The van der Waals surface area contributed by atoms with Crippen molar-refractivity contribution in [3.8, 4) is 0 Å². The van der Waals surface area contributed by atoms with Gasteiger partial charge in [-0.05, 0) is 72.8 Å². The quantitative estimate of drug-likeness (QED) is 0.306. The van der Waals surface area contributed by atoms with Gasteiger partial charge in [0.25, 0.3) is 5.91 Å². The fraction of sp³-hybridized carbons (Fsp3) is 0.0741. The van der Waals surface area contributed by atoms with Crippen molar-refractivity contribution in [3.05, 3.63) is 99.8 Å². The van der Waals surface area contributed by atoms with Gasteiger partial charge < -0.3 is 15.2 Å². The number of hydrogen-bond donors (Lipinski definition) is 2. The van der Waals surface area contributed by atoms with Gasteiger partial charge in [0.2, 0.25) is 5.91 Å². The minimum atomic E-state index is -0.369. The Kier molecular flexibility index (Phi) is 6.63. The number of fused-ring (bicyclic) bond motifs is 1. The first-order valence-electron chi connectivity index (χ1n) is 11.1. The number of nitrogens with one attached hydrogen (secondary N) is 2. The molecule has 2 heterocycles. The minimum absolute atomic E-state index is 0.0567. The molecule has 0 atom stereocenters. The molecule has 0 unspecified atom stereocenters. The van der Waals surface area contributed by atoms with Crippen molar-refractivity contribution < 1.29 is 14.0 Å². The molecule has 0 saturated carbocycles. The number of amidine groups is 1. The summed E-state index contributed by atoms with van der Waals surface area (Å²) in [5.74, 6) is -0.864. The van der Waals surface area contributed by atoms with E-state index in [-0.39, 0.29) is 24.2 Å². The first-order chi connectivity index (χ1) is 17.4. The Morgan fingerprint density at radius 3 is 2.72 bits per heavy atom. The second-order valence-corrected chi connectivity index (χ2v) is 9.59. The van der Waals surface area contributed by atoms with Crippen LogP contribution in [0.2, 0.25) is 5.02 Å². The van der Waals surface area contributed by atoms with Gasteiger partial charge in [0, 0.05) is 33.4 Å². The van der Waals surface area contributed by atoms with Crippen molar-refractivity contribution >= 4 is 68.7 Å². The lowest BCUT2D eigenvalue weighted by Gasteiger charge is -2.07. The van der Waals surface area contributed by atoms with Gasteiger partial charge in [-0.15, -0.1) is 0 Å². The van der Waals surface area contributed by atoms with Crippen LogP contribution in [0.1, 0.15) is 11.1 Å². The van der Waals surface area contributed by atoms with Crippen LogP contribution in [0.5, 0.6) is 0 Å². The molecule has 3 aromatic carbocycles. The number of carbonyl (C=O) groups is 2. The number of aliphatic imine (C=N–C) groups is 1. The Morgan fingerprint density at radius 2 is 1.92 bits per heavy atom. The summed E-state index contributed by atoms with van der Waals surface area (Å²) in [6.07, 6.45) is 3.63. The highest BCUT2D eigenvalue weighted by atomic mass is 35.5. The number of nitrogens with zero attached hydrogens (tertiary/aromatic N) is 2. The molecule has 1 fully saturated rings. The van der Waals surface area contributed by atoms with Crippen LogP contribution in [0, 0.1) is 12.7 Å². The third-order valence-electron chi connectivity index (χ3n) is 5.66. The number of thioether (sulfide) groups is 1. The third kappa shape index (κ3) is 5.05. The average molecular weight is 519 g/mol. The van der Waals surface area contributed by atoms with Gasteiger partial charge in [-0.1, -0.05) is 35.9 Å². The Hall–Kier alpha value is -3.88. The first kappa shape index (κ1) is 23.8. The molecule has 5 rings (SSSR count). The SMILES string of the molecule is Cc1c(Cl)cccc1N=C1NC(=O)/C(=C\c2cn(CC(=O)Nc3ccc(F)cc3)c3ccccc23)S1. The molecular weight excluding hydrogens is 499 g/mol. The maximum Gasteiger partial charge on any atom is 0.264 e. The lowest BCUT2D eigenvalue weighted by atomic mass is 10.1. The summed E-state index contributed by atoms with van der Waals surface area (Å²) in [5, 5.41) is 7.56. The molecule has 1 aliphatic heterocycles. The summed E-state index contributed by atoms with van der Waals surface area (Å²) in [6, 6.07) is 18.7. The van der Waals surface area contributed by atoms with Crippen LogP contribution in [0.15, 0.2) is 82.8 Å². The van der Waals surface area contributed by atoms with Crippen molar-refractivity contribution in [3.63, 3.8) is 0 Å². The van der Waals surface area contributed by atoms with Crippen molar-refractivity contribution in [2.24, 2.45) is 4.99 Å². The zero-order valence-corrected chi connectivity index (χ0v) is 20.7. The molecule has 0 radical (unpaired) electrons. The van der Waals surface area contributed by atoms with Crippen LogP contribution in [0.25, 0.3) is 17.0 Å². The van der Waals surface area contributed by atoms with Crippen LogP contribution in [0.4, 0.5) is 15.8 Å². The van der Waals surface area contributed by atoms with E-state index in [0.717, 1.165) is 22.0 Å². The number of para-hydroxylation sites is 1. The Morgan fingerprint density at radius 1 is 1.14 bits per heavy atom. The van der Waals surface area contributed by atoms with Gasteiger partial charge in [0.1, 0.15) is 12.4 Å². The van der Waals surface area contributed by atoms with Crippen molar-refractivity contribution in [2.45, 2.75) is 13.5 Å². The third-order valence-corrected chi connectivity index (χ3v) is 6.98. The lowest BCUT2D eigenvalue weighted by Crippen LogP contribution is -2.19. The summed E-state index contributed by atoms with van der Waals surface area (Å²) >= 11 is 7.43. The molecule has 0 bridgehead atoms. The van der Waals surface area contributed by atoms with Crippen LogP contribution in [0.3, 0.4) is 0 Å². The van der Waals surface area contributed by atoms with E-state index in [9.17, 15) is 14.0 Å². The van der Waals surface area contributed by atoms with Crippen LogP contribution in [-0.2, 0) is 16.1 Å². The summed E-state index contributed by atoms with van der Waals surface area (Å²) in [4.78, 5) is 30.4. The first-order valence-corrected chi connectivity index (χ1v) is 12.2. The maximum absolute atomic E-state index is 13.1. The average Bonchev–Trinajstić information content (AvgIpc) is 3.38.